The quantitative estimate of drug-likeness (QED) is 0.810. The molecule has 20 heavy (non-hydrogen) atoms. The Balaban J connectivity index is 2.32. The minimum Gasteiger partial charge on any atom is -0.478 e. The Kier molecular flexibility index (Phi) is 4.05. The van der Waals surface area contributed by atoms with Crippen molar-refractivity contribution >= 4 is 21.9 Å². The fraction of sp³-hybridized carbons (Fsp3) is 0.333. The minimum atomic E-state index is -3.79. The number of carbonyl (C=O) groups is 2. The molecule has 1 aromatic carbocycles. The van der Waals surface area contributed by atoms with Crippen LogP contribution in [-0.4, -0.2) is 49.3 Å². The van der Waals surface area contributed by atoms with Gasteiger partial charge < -0.3 is 10.4 Å². The molecular weight excluding hydrogens is 284 g/mol. The van der Waals surface area contributed by atoms with E-state index in [1.54, 1.807) is 0 Å². The molecular formula is C12H14N2O5S. The molecule has 0 aromatic heterocycles. The van der Waals surface area contributed by atoms with Crippen LogP contribution in [0, 0.1) is 0 Å². The molecule has 2 N–H and O–H groups in total. The molecule has 1 aliphatic heterocycles. The van der Waals surface area contributed by atoms with Crippen LogP contribution in [0.3, 0.4) is 0 Å². The average Bonchev–Trinajstić information content (AvgIpc) is 2.64. The summed E-state index contributed by atoms with van der Waals surface area (Å²) in [6, 6.07) is 5.19. The van der Waals surface area contributed by atoms with E-state index in [9.17, 15) is 18.0 Å². The highest BCUT2D eigenvalue weighted by atomic mass is 32.2. The molecule has 0 atom stereocenters. The predicted octanol–water partition coefficient (Wildman–Crippen LogP) is -0.105. The number of nitrogens with zero attached hydrogens (tertiary/aromatic N) is 1. The third-order valence-electron chi connectivity index (χ3n) is 2.99. The molecule has 1 heterocycles. The largest absolute Gasteiger partial charge is 0.478 e. The highest BCUT2D eigenvalue weighted by Crippen LogP contribution is 2.18. The van der Waals surface area contributed by atoms with Crippen LogP contribution in [0.5, 0.6) is 0 Å². The van der Waals surface area contributed by atoms with Gasteiger partial charge in [0.25, 0.3) is 0 Å². The maximum atomic E-state index is 12.4. The first kappa shape index (κ1) is 14.5. The van der Waals surface area contributed by atoms with Gasteiger partial charge in [0.1, 0.15) is 0 Å². The van der Waals surface area contributed by atoms with Crippen LogP contribution in [-0.2, 0) is 14.8 Å². The van der Waals surface area contributed by atoms with Crippen LogP contribution in [0.4, 0.5) is 0 Å². The first-order valence-corrected chi connectivity index (χ1v) is 7.45. The van der Waals surface area contributed by atoms with Crippen molar-refractivity contribution in [2.24, 2.45) is 0 Å². The number of carbonyl (C=O) groups excluding carboxylic acids is 1. The highest BCUT2D eigenvalue weighted by Gasteiger charge is 2.27. The zero-order valence-electron chi connectivity index (χ0n) is 10.6. The van der Waals surface area contributed by atoms with Crippen LogP contribution >= 0.6 is 0 Å². The van der Waals surface area contributed by atoms with Crippen LogP contribution in [0.25, 0.3) is 0 Å². The zero-order chi connectivity index (χ0) is 14.8. The number of aromatic carboxylic acids is 1. The van der Waals surface area contributed by atoms with Gasteiger partial charge in [-0.2, -0.15) is 4.31 Å². The number of rotatable bonds is 3. The number of hydrogen-bond donors (Lipinski definition) is 2. The number of sulfonamides is 1. The van der Waals surface area contributed by atoms with E-state index >= 15 is 0 Å². The van der Waals surface area contributed by atoms with Crippen molar-refractivity contribution in [2.75, 3.05) is 19.6 Å². The highest BCUT2D eigenvalue weighted by molar-refractivity contribution is 7.89. The summed E-state index contributed by atoms with van der Waals surface area (Å²) in [6.07, 6.45) is 0.0951. The van der Waals surface area contributed by atoms with Crippen molar-refractivity contribution in [2.45, 2.75) is 11.3 Å². The second-order valence-corrected chi connectivity index (χ2v) is 6.27. The number of nitrogens with one attached hydrogen (secondary N) is 1. The number of carboxylic acid groups (broad SMARTS) is 1. The van der Waals surface area contributed by atoms with Gasteiger partial charge in [0.15, 0.2) is 0 Å². The Hall–Kier alpha value is -1.93. The van der Waals surface area contributed by atoms with Gasteiger partial charge in [0, 0.05) is 26.1 Å². The molecule has 1 saturated heterocycles. The molecule has 1 fully saturated rings. The fourth-order valence-electron chi connectivity index (χ4n) is 1.93. The second-order valence-electron chi connectivity index (χ2n) is 4.34. The van der Waals surface area contributed by atoms with E-state index in [0.29, 0.717) is 0 Å². The Morgan fingerprint density at radius 3 is 2.75 bits per heavy atom. The number of carboxylic acids is 1. The number of benzene rings is 1. The average molecular weight is 298 g/mol. The van der Waals surface area contributed by atoms with Crippen molar-refractivity contribution in [1.29, 1.82) is 0 Å². The van der Waals surface area contributed by atoms with Gasteiger partial charge in [0.2, 0.25) is 15.9 Å². The van der Waals surface area contributed by atoms with Gasteiger partial charge in [-0.3, -0.25) is 4.79 Å². The topological polar surface area (TPSA) is 104 Å². The van der Waals surface area contributed by atoms with E-state index in [4.69, 9.17) is 5.11 Å². The third-order valence-corrected chi connectivity index (χ3v) is 4.89. The standard InChI is InChI=1S/C12H14N2O5S/c15-11-4-6-14(7-5-13-11)20(18,19)10-3-1-2-9(8-10)12(16)17/h1-3,8H,4-7H2,(H,13,15)(H,16,17). The van der Waals surface area contributed by atoms with E-state index in [-0.39, 0.29) is 42.4 Å². The molecule has 0 saturated carbocycles. The summed E-state index contributed by atoms with van der Waals surface area (Å²) in [5.41, 5.74) is -0.0879. The summed E-state index contributed by atoms with van der Waals surface area (Å²) in [5, 5.41) is 11.5. The number of hydrogen-bond acceptors (Lipinski definition) is 4. The Bertz CT molecular complexity index is 641. The van der Waals surface area contributed by atoms with Gasteiger partial charge in [-0.25, -0.2) is 13.2 Å². The zero-order valence-corrected chi connectivity index (χ0v) is 11.4. The Labute approximate surface area is 116 Å². The van der Waals surface area contributed by atoms with E-state index in [1.165, 1.54) is 22.5 Å². The minimum absolute atomic E-state index is 0.0771. The molecule has 108 valence electrons. The smallest absolute Gasteiger partial charge is 0.335 e. The Morgan fingerprint density at radius 2 is 2.05 bits per heavy atom. The molecule has 0 radical (unpaired) electrons. The number of amides is 1. The molecule has 8 heteroatoms. The van der Waals surface area contributed by atoms with Crippen molar-refractivity contribution < 1.29 is 23.1 Å². The van der Waals surface area contributed by atoms with Crippen molar-refractivity contribution in [3.63, 3.8) is 0 Å². The first-order chi connectivity index (χ1) is 9.41. The molecule has 1 amide bonds. The summed E-state index contributed by atoms with van der Waals surface area (Å²) in [4.78, 5) is 22.0. The first-order valence-electron chi connectivity index (χ1n) is 6.01. The summed E-state index contributed by atoms with van der Waals surface area (Å²) >= 11 is 0. The summed E-state index contributed by atoms with van der Waals surface area (Å²) < 4.78 is 26.0. The molecule has 0 spiro atoms. The normalized spacial score (nSPS) is 17.3. The van der Waals surface area contributed by atoms with E-state index in [2.05, 4.69) is 5.32 Å². The second kappa shape index (κ2) is 5.59. The van der Waals surface area contributed by atoms with Crippen LogP contribution in [0.1, 0.15) is 16.8 Å². The van der Waals surface area contributed by atoms with Crippen molar-refractivity contribution in [3.05, 3.63) is 29.8 Å². The maximum Gasteiger partial charge on any atom is 0.335 e. The summed E-state index contributed by atoms with van der Waals surface area (Å²) in [6.45, 7) is 0.507. The molecule has 1 aliphatic rings. The van der Waals surface area contributed by atoms with E-state index in [0.717, 1.165) is 6.07 Å². The van der Waals surface area contributed by atoms with Gasteiger partial charge >= 0.3 is 5.97 Å². The van der Waals surface area contributed by atoms with E-state index in [1.807, 2.05) is 0 Å². The monoisotopic (exact) mass is 298 g/mol. The van der Waals surface area contributed by atoms with Crippen molar-refractivity contribution in [3.8, 4) is 0 Å². The van der Waals surface area contributed by atoms with Crippen LogP contribution < -0.4 is 5.32 Å². The van der Waals surface area contributed by atoms with Gasteiger partial charge in [-0.15, -0.1) is 0 Å². The molecule has 0 bridgehead atoms. The van der Waals surface area contributed by atoms with Crippen LogP contribution in [0.2, 0.25) is 0 Å². The van der Waals surface area contributed by atoms with Crippen LogP contribution in [0.15, 0.2) is 29.2 Å². The Morgan fingerprint density at radius 1 is 1.30 bits per heavy atom. The van der Waals surface area contributed by atoms with Gasteiger partial charge in [-0.05, 0) is 18.2 Å². The van der Waals surface area contributed by atoms with E-state index < -0.39 is 16.0 Å². The summed E-state index contributed by atoms with van der Waals surface area (Å²) in [7, 11) is -3.79. The lowest BCUT2D eigenvalue weighted by atomic mass is 10.2. The molecule has 0 unspecified atom stereocenters. The molecule has 2 rings (SSSR count). The lowest BCUT2D eigenvalue weighted by Crippen LogP contribution is -2.34. The van der Waals surface area contributed by atoms with Gasteiger partial charge in [-0.1, -0.05) is 6.07 Å². The van der Waals surface area contributed by atoms with Crippen molar-refractivity contribution in [1.82, 2.24) is 9.62 Å². The lowest BCUT2D eigenvalue weighted by molar-refractivity contribution is -0.120. The summed E-state index contributed by atoms with van der Waals surface area (Å²) in [5.74, 6) is -1.38. The predicted molar refractivity (Wildman–Crippen MR) is 69.8 cm³/mol. The lowest BCUT2D eigenvalue weighted by Gasteiger charge is -2.19. The SMILES string of the molecule is O=C1CCN(S(=O)(=O)c2cccc(C(=O)O)c2)CCN1. The van der Waals surface area contributed by atoms with Gasteiger partial charge in [0.05, 0.1) is 10.5 Å². The fourth-order valence-corrected chi connectivity index (χ4v) is 3.41. The maximum absolute atomic E-state index is 12.4. The molecule has 0 aliphatic carbocycles. The third kappa shape index (κ3) is 2.97. The molecule has 1 aromatic rings. The molecule has 7 nitrogen and oxygen atoms in total.